The maximum Gasteiger partial charge on any atom is 0.414 e. The molecule has 1 amide bonds. The molecule has 0 aromatic heterocycles. The van der Waals surface area contributed by atoms with Gasteiger partial charge in [0.25, 0.3) is 5.69 Å². The lowest BCUT2D eigenvalue weighted by atomic mass is 10.1. The van der Waals surface area contributed by atoms with Crippen LogP contribution in [-0.4, -0.2) is 31.3 Å². The molecule has 1 aliphatic heterocycles. The van der Waals surface area contributed by atoms with Gasteiger partial charge in [0.05, 0.1) is 24.3 Å². The lowest BCUT2D eigenvalue weighted by Gasteiger charge is -2.18. The largest absolute Gasteiger partial charge is 0.495 e. The fourth-order valence-electron chi connectivity index (χ4n) is 2.64. The predicted molar refractivity (Wildman–Crippen MR) is 92.8 cm³/mol. The highest BCUT2D eigenvalue weighted by Gasteiger charge is 2.26. The smallest absolute Gasteiger partial charge is 0.414 e. The molecule has 0 atom stereocenters. The molecule has 1 aliphatic rings. The van der Waals surface area contributed by atoms with Crippen molar-refractivity contribution in [1.82, 2.24) is 0 Å². The molecular formula is C17H17N3O5. The molecule has 1 saturated heterocycles. The first-order valence-electron chi connectivity index (χ1n) is 7.64. The van der Waals surface area contributed by atoms with Crippen LogP contribution < -0.4 is 15.0 Å². The SMILES string of the molecule is COc1ccc(Nc2ccc(C)cc2[N+](=O)[O-])cc1N1CCOC1=O. The average molecular weight is 343 g/mol. The van der Waals surface area contributed by atoms with Crippen LogP contribution in [0.15, 0.2) is 36.4 Å². The number of carbonyl (C=O) groups excluding carboxylic acids is 1. The number of nitro groups is 1. The third-order valence-corrected chi connectivity index (χ3v) is 3.86. The second kappa shape index (κ2) is 6.68. The van der Waals surface area contributed by atoms with E-state index in [-0.39, 0.29) is 5.69 Å². The zero-order valence-electron chi connectivity index (χ0n) is 13.8. The van der Waals surface area contributed by atoms with Crippen LogP contribution in [0.5, 0.6) is 5.75 Å². The Morgan fingerprint density at radius 1 is 1.28 bits per heavy atom. The number of nitro benzene ring substituents is 1. The van der Waals surface area contributed by atoms with Gasteiger partial charge in [0.1, 0.15) is 18.0 Å². The minimum atomic E-state index is -0.447. The number of ether oxygens (including phenoxy) is 2. The van der Waals surface area contributed by atoms with Gasteiger partial charge in [0.2, 0.25) is 0 Å². The fraction of sp³-hybridized carbons (Fsp3) is 0.235. The van der Waals surface area contributed by atoms with E-state index in [1.165, 1.54) is 18.1 Å². The summed E-state index contributed by atoms with van der Waals surface area (Å²) in [4.78, 5) is 24.1. The topological polar surface area (TPSA) is 93.9 Å². The normalized spacial score (nSPS) is 13.5. The van der Waals surface area contributed by atoms with E-state index in [2.05, 4.69) is 5.32 Å². The molecular weight excluding hydrogens is 326 g/mol. The second-order valence-electron chi connectivity index (χ2n) is 5.56. The summed E-state index contributed by atoms with van der Waals surface area (Å²) in [5, 5.41) is 14.3. The number of amides is 1. The number of nitrogens with zero attached hydrogens (tertiary/aromatic N) is 2. The van der Waals surface area contributed by atoms with Gasteiger partial charge in [0, 0.05) is 11.8 Å². The highest BCUT2D eigenvalue weighted by molar-refractivity contribution is 5.92. The van der Waals surface area contributed by atoms with Gasteiger partial charge in [-0.2, -0.15) is 0 Å². The first-order valence-corrected chi connectivity index (χ1v) is 7.64. The molecule has 0 aliphatic carbocycles. The number of hydrogen-bond acceptors (Lipinski definition) is 6. The van der Waals surface area contributed by atoms with Gasteiger partial charge >= 0.3 is 6.09 Å². The summed E-state index contributed by atoms with van der Waals surface area (Å²) < 4.78 is 10.3. The van der Waals surface area contributed by atoms with Crippen molar-refractivity contribution in [2.45, 2.75) is 6.92 Å². The fourth-order valence-corrected chi connectivity index (χ4v) is 2.64. The number of methoxy groups -OCH3 is 1. The molecule has 8 nitrogen and oxygen atoms in total. The summed E-state index contributed by atoms with van der Waals surface area (Å²) in [6, 6.07) is 10.1. The zero-order valence-corrected chi connectivity index (χ0v) is 13.8. The number of carbonyl (C=O) groups is 1. The Labute approximate surface area is 144 Å². The molecule has 8 heteroatoms. The van der Waals surface area contributed by atoms with Gasteiger partial charge in [-0.1, -0.05) is 6.07 Å². The summed E-state index contributed by atoms with van der Waals surface area (Å²) in [5.41, 5.74) is 2.30. The van der Waals surface area contributed by atoms with Crippen LogP contribution in [0, 0.1) is 17.0 Å². The van der Waals surface area contributed by atoms with Crippen LogP contribution in [0.25, 0.3) is 0 Å². The second-order valence-corrected chi connectivity index (χ2v) is 5.56. The van der Waals surface area contributed by atoms with E-state index in [9.17, 15) is 14.9 Å². The van der Waals surface area contributed by atoms with Gasteiger partial charge in [-0.15, -0.1) is 0 Å². The Hall–Kier alpha value is -3.29. The molecule has 3 rings (SSSR count). The van der Waals surface area contributed by atoms with Crippen LogP contribution in [0.1, 0.15) is 5.56 Å². The number of benzene rings is 2. The minimum absolute atomic E-state index is 0.0158. The first-order chi connectivity index (χ1) is 12.0. The monoisotopic (exact) mass is 343 g/mol. The first kappa shape index (κ1) is 16.6. The Balaban J connectivity index is 1.96. The van der Waals surface area contributed by atoms with Gasteiger partial charge in [-0.05, 0) is 36.8 Å². The van der Waals surface area contributed by atoms with E-state index < -0.39 is 11.0 Å². The van der Waals surface area contributed by atoms with Crippen LogP contribution in [0.3, 0.4) is 0 Å². The Kier molecular flexibility index (Phi) is 4.42. The maximum absolute atomic E-state index is 11.8. The van der Waals surface area contributed by atoms with E-state index >= 15 is 0 Å². The zero-order chi connectivity index (χ0) is 18.0. The molecule has 2 aromatic carbocycles. The molecule has 1 heterocycles. The third kappa shape index (κ3) is 3.32. The molecule has 0 spiro atoms. The lowest BCUT2D eigenvalue weighted by Crippen LogP contribution is -2.23. The van der Waals surface area contributed by atoms with Crippen LogP contribution in [0.4, 0.5) is 27.5 Å². The van der Waals surface area contributed by atoms with Crippen molar-refractivity contribution in [3.8, 4) is 5.75 Å². The minimum Gasteiger partial charge on any atom is -0.495 e. The van der Waals surface area contributed by atoms with E-state index in [4.69, 9.17) is 9.47 Å². The quantitative estimate of drug-likeness (QED) is 0.658. The van der Waals surface area contributed by atoms with Crippen molar-refractivity contribution in [2.75, 3.05) is 30.5 Å². The number of cyclic esters (lactones) is 1. The van der Waals surface area contributed by atoms with Gasteiger partial charge in [0.15, 0.2) is 0 Å². The summed E-state index contributed by atoms with van der Waals surface area (Å²) in [6.07, 6.45) is -0.447. The number of hydrogen-bond donors (Lipinski definition) is 1. The predicted octanol–water partition coefficient (Wildman–Crippen LogP) is 3.61. The van der Waals surface area contributed by atoms with Gasteiger partial charge < -0.3 is 14.8 Å². The van der Waals surface area contributed by atoms with Crippen molar-refractivity contribution in [1.29, 1.82) is 0 Å². The molecule has 0 unspecified atom stereocenters. The Bertz CT molecular complexity index is 837. The molecule has 25 heavy (non-hydrogen) atoms. The van der Waals surface area contributed by atoms with Crippen molar-refractivity contribution in [2.24, 2.45) is 0 Å². The summed E-state index contributed by atoms with van der Waals surface area (Å²) in [5.74, 6) is 0.516. The third-order valence-electron chi connectivity index (χ3n) is 3.86. The van der Waals surface area contributed by atoms with Crippen molar-refractivity contribution in [3.63, 3.8) is 0 Å². The van der Waals surface area contributed by atoms with Crippen molar-refractivity contribution < 1.29 is 19.2 Å². The maximum atomic E-state index is 11.8. The molecule has 130 valence electrons. The van der Waals surface area contributed by atoms with E-state index in [0.717, 1.165) is 5.56 Å². The lowest BCUT2D eigenvalue weighted by molar-refractivity contribution is -0.384. The van der Waals surface area contributed by atoms with E-state index in [1.807, 2.05) is 0 Å². The number of aryl methyl sites for hydroxylation is 1. The molecule has 0 radical (unpaired) electrons. The molecule has 0 saturated carbocycles. The van der Waals surface area contributed by atoms with Crippen molar-refractivity contribution in [3.05, 3.63) is 52.1 Å². The number of rotatable bonds is 5. The van der Waals surface area contributed by atoms with E-state index in [1.54, 1.807) is 37.3 Å². The number of anilines is 3. The Morgan fingerprint density at radius 3 is 2.72 bits per heavy atom. The molecule has 1 fully saturated rings. The van der Waals surface area contributed by atoms with Gasteiger partial charge in [-0.3, -0.25) is 15.0 Å². The standard InChI is InChI=1S/C17H17N3O5/c1-11-3-5-13(14(9-11)20(22)23)18-12-4-6-16(24-2)15(10-12)19-7-8-25-17(19)21/h3-6,9-10,18H,7-8H2,1-2H3. The van der Waals surface area contributed by atoms with Gasteiger partial charge in [-0.25, -0.2) is 4.79 Å². The highest BCUT2D eigenvalue weighted by Crippen LogP contribution is 2.35. The van der Waals surface area contributed by atoms with E-state index in [0.29, 0.717) is 36.0 Å². The molecule has 1 N–H and O–H groups in total. The van der Waals surface area contributed by atoms with Crippen LogP contribution >= 0.6 is 0 Å². The van der Waals surface area contributed by atoms with Crippen LogP contribution in [0.2, 0.25) is 0 Å². The summed E-state index contributed by atoms with van der Waals surface area (Å²) in [6.45, 7) is 2.52. The molecule has 2 aromatic rings. The summed E-state index contributed by atoms with van der Waals surface area (Å²) in [7, 11) is 1.51. The Morgan fingerprint density at radius 2 is 2.08 bits per heavy atom. The van der Waals surface area contributed by atoms with Crippen molar-refractivity contribution >= 4 is 28.8 Å². The molecule has 0 bridgehead atoms. The highest BCUT2D eigenvalue weighted by atomic mass is 16.6. The van der Waals surface area contributed by atoms with Crippen LogP contribution in [-0.2, 0) is 4.74 Å². The number of nitrogens with one attached hydrogen (secondary N) is 1. The summed E-state index contributed by atoms with van der Waals surface area (Å²) >= 11 is 0. The average Bonchev–Trinajstić information content (AvgIpc) is 3.02.